The number of aromatic nitrogens is 3. The Morgan fingerprint density at radius 3 is 2.63 bits per heavy atom. The van der Waals surface area contributed by atoms with Crippen LogP contribution in [0.15, 0.2) is 103 Å². The van der Waals surface area contributed by atoms with Gasteiger partial charge in [0.05, 0.1) is 17.8 Å². The van der Waals surface area contributed by atoms with Gasteiger partial charge in [-0.1, -0.05) is 66.2 Å². The van der Waals surface area contributed by atoms with Gasteiger partial charge < -0.3 is 16.0 Å². The lowest BCUT2D eigenvalue weighted by Crippen LogP contribution is -2.24. The number of amides is 1. The van der Waals surface area contributed by atoms with Gasteiger partial charge in [-0.05, 0) is 61.4 Å². The van der Waals surface area contributed by atoms with E-state index in [4.69, 9.17) is 16.6 Å². The van der Waals surface area contributed by atoms with E-state index < -0.39 is 0 Å². The number of likely N-dealkylation sites (N-methyl/N-ethyl adjacent to an activating group) is 1. The molecule has 2 heterocycles. The average Bonchev–Trinajstić information content (AvgIpc) is 3.42. The molecule has 3 aromatic carbocycles. The Labute approximate surface area is 244 Å². The SMILES string of the molecule is CNC(=O)c1ccccc1C(/C=C/CNc1cccc(Nc2ncc(Cl)c(-n3ccc4ccccc43)n2)c1)N(C)C. The molecular formula is C32H32ClN7O. The lowest BCUT2D eigenvalue weighted by atomic mass is 9.98. The first-order valence-corrected chi connectivity index (χ1v) is 13.7. The lowest BCUT2D eigenvalue weighted by molar-refractivity contribution is 0.0961. The van der Waals surface area contributed by atoms with Crippen LogP contribution in [0.5, 0.6) is 0 Å². The summed E-state index contributed by atoms with van der Waals surface area (Å²) in [4.78, 5) is 23.6. The van der Waals surface area contributed by atoms with E-state index in [9.17, 15) is 4.79 Å². The third-order valence-corrected chi connectivity index (χ3v) is 6.99. The molecular weight excluding hydrogens is 534 g/mol. The fraction of sp³-hybridized carbons (Fsp3) is 0.156. The second-order valence-corrected chi connectivity index (χ2v) is 10.1. The highest BCUT2D eigenvalue weighted by molar-refractivity contribution is 6.32. The Balaban J connectivity index is 1.27. The van der Waals surface area contributed by atoms with Crippen LogP contribution < -0.4 is 16.0 Å². The largest absolute Gasteiger partial charge is 0.382 e. The van der Waals surface area contributed by atoms with Gasteiger partial charge in [-0.15, -0.1) is 0 Å². The molecule has 3 N–H and O–H groups in total. The number of rotatable bonds is 10. The molecule has 41 heavy (non-hydrogen) atoms. The molecule has 0 fully saturated rings. The van der Waals surface area contributed by atoms with Crippen LogP contribution >= 0.6 is 11.6 Å². The molecule has 5 rings (SSSR count). The minimum Gasteiger partial charge on any atom is -0.382 e. The van der Waals surface area contributed by atoms with Crippen molar-refractivity contribution in [3.8, 4) is 5.82 Å². The summed E-state index contributed by atoms with van der Waals surface area (Å²) in [6.07, 6.45) is 7.74. The Morgan fingerprint density at radius 2 is 1.80 bits per heavy atom. The summed E-state index contributed by atoms with van der Waals surface area (Å²) >= 11 is 6.49. The maximum Gasteiger partial charge on any atom is 0.251 e. The van der Waals surface area contributed by atoms with E-state index in [1.165, 1.54) is 0 Å². The fourth-order valence-corrected chi connectivity index (χ4v) is 4.90. The van der Waals surface area contributed by atoms with Crippen molar-refractivity contribution >= 4 is 45.7 Å². The average molecular weight is 566 g/mol. The Bertz CT molecular complexity index is 1690. The van der Waals surface area contributed by atoms with E-state index in [2.05, 4.69) is 44.1 Å². The van der Waals surface area contributed by atoms with E-state index in [1.54, 1.807) is 13.2 Å². The van der Waals surface area contributed by atoms with Crippen LogP contribution in [-0.2, 0) is 0 Å². The minimum atomic E-state index is -0.0956. The predicted molar refractivity (Wildman–Crippen MR) is 167 cm³/mol. The highest BCUT2D eigenvalue weighted by Gasteiger charge is 2.18. The summed E-state index contributed by atoms with van der Waals surface area (Å²) < 4.78 is 1.96. The van der Waals surface area contributed by atoms with Gasteiger partial charge in [-0.3, -0.25) is 14.3 Å². The minimum absolute atomic E-state index is 0.0491. The number of halogens is 1. The van der Waals surface area contributed by atoms with Crippen LogP contribution in [0.3, 0.4) is 0 Å². The monoisotopic (exact) mass is 565 g/mol. The van der Waals surface area contributed by atoms with Crippen molar-refractivity contribution in [2.45, 2.75) is 6.04 Å². The molecule has 0 saturated carbocycles. The van der Waals surface area contributed by atoms with Crippen molar-refractivity contribution in [2.75, 3.05) is 38.3 Å². The third kappa shape index (κ3) is 6.40. The molecule has 0 bridgehead atoms. The van der Waals surface area contributed by atoms with Crippen LogP contribution in [0, 0.1) is 0 Å². The van der Waals surface area contributed by atoms with Gasteiger partial charge in [-0.2, -0.15) is 4.98 Å². The van der Waals surface area contributed by atoms with Crippen molar-refractivity contribution in [2.24, 2.45) is 0 Å². The molecule has 0 aliphatic heterocycles. The molecule has 8 nitrogen and oxygen atoms in total. The summed E-state index contributed by atoms with van der Waals surface area (Å²) in [5, 5.41) is 11.0. The Morgan fingerprint density at radius 1 is 1.02 bits per heavy atom. The highest BCUT2D eigenvalue weighted by Crippen LogP contribution is 2.27. The van der Waals surface area contributed by atoms with E-state index in [0.717, 1.165) is 27.8 Å². The zero-order chi connectivity index (χ0) is 28.8. The van der Waals surface area contributed by atoms with Gasteiger partial charge >= 0.3 is 0 Å². The molecule has 0 aliphatic carbocycles. The van der Waals surface area contributed by atoms with Crippen molar-refractivity contribution in [1.29, 1.82) is 0 Å². The Kier molecular flexibility index (Phi) is 8.62. The first-order chi connectivity index (χ1) is 19.9. The van der Waals surface area contributed by atoms with Crippen LogP contribution in [0.25, 0.3) is 16.7 Å². The molecule has 1 atom stereocenters. The second kappa shape index (κ2) is 12.7. The normalized spacial score (nSPS) is 12.1. The number of carbonyl (C=O) groups excluding carboxylic acids is 1. The van der Waals surface area contributed by atoms with E-state index >= 15 is 0 Å². The maximum atomic E-state index is 12.4. The van der Waals surface area contributed by atoms with Crippen LogP contribution in [0.4, 0.5) is 17.3 Å². The topological polar surface area (TPSA) is 87.1 Å². The summed E-state index contributed by atoms with van der Waals surface area (Å²) in [6.45, 7) is 0.609. The number of benzene rings is 3. The van der Waals surface area contributed by atoms with Gasteiger partial charge in [-0.25, -0.2) is 4.98 Å². The number of nitrogens with one attached hydrogen (secondary N) is 3. The number of fused-ring (bicyclic) bond motifs is 1. The quantitative estimate of drug-likeness (QED) is 0.169. The second-order valence-electron chi connectivity index (χ2n) is 9.70. The van der Waals surface area contributed by atoms with Gasteiger partial charge in [0.2, 0.25) is 5.95 Å². The molecule has 1 amide bonds. The smallest absolute Gasteiger partial charge is 0.251 e. The van der Waals surface area contributed by atoms with Crippen molar-refractivity contribution in [3.05, 3.63) is 120 Å². The van der Waals surface area contributed by atoms with E-state index in [-0.39, 0.29) is 11.9 Å². The number of para-hydroxylation sites is 1. The molecule has 9 heteroatoms. The first-order valence-electron chi connectivity index (χ1n) is 13.3. The number of nitrogens with zero attached hydrogens (tertiary/aromatic N) is 4. The number of hydrogen-bond donors (Lipinski definition) is 3. The number of carbonyl (C=O) groups is 1. The van der Waals surface area contributed by atoms with Gasteiger partial charge in [0, 0.05) is 36.7 Å². The van der Waals surface area contributed by atoms with E-state index in [0.29, 0.717) is 28.9 Å². The highest BCUT2D eigenvalue weighted by atomic mass is 35.5. The molecule has 0 radical (unpaired) electrons. The first kappa shape index (κ1) is 27.9. The predicted octanol–water partition coefficient (Wildman–Crippen LogP) is 6.45. The summed E-state index contributed by atoms with van der Waals surface area (Å²) in [5.41, 5.74) is 4.43. The van der Waals surface area contributed by atoms with Crippen LogP contribution in [-0.4, -0.2) is 53.0 Å². The maximum absolute atomic E-state index is 12.4. The van der Waals surface area contributed by atoms with E-state index in [1.807, 2.05) is 97.7 Å². The molecule has 0 aliphatic rings. The molecule has 1 unspecified atom stereocenters. The standard InChI is InChI=1S/C32H32ClN7O/c1-34-31(41)26-14-6-5-13-25(26)29(39(2)3)16-9-18-35-23-11-8-12-24(20-23)37-32-36-21-27(33)30(38-32)40-19-17-22-10-4-7-15-28(22)40/h4-17,19-21,29,35H,18H2,1-3H3,(H,34,41)(H,36,37,38)/b16-9+. The van der Waals surface area contributed by atoms with Crippen molar-refractivity contribution < 1.29 is 4.79 Å². The fourth-order valence-electron chi connectivity index (χ4n) is 4.72. The molecule has 2 aromatic heterocycles. The Hall–Kier alpha value is -4.66. The summed E-state index contributed by atoms with van der Waals surface area (Å²) in [6, 6.07) is 25.7. The molecule has 5 aromatic rings. The van der Waals surface area contributed by atoms with Crippen molar-refractivity contribution in [3.63, 3.8) is 0 Å². The van der Waals surface area contributed by atoms with Crippen LogP contribution in [0.2, 0.25) is 5.02 Å². The van der Waals surface area contributed by atoms with Crippen LogP contribution in [0.1, 0.15) is 22.0 Å². The van der Waals surface area contributed by atoms with Gasteiger partial charge in [0.15, 0.2) is 5.82 Å². The number of anilines is 3. The lowest BCUT2D eigenvalue weighted by Gasteiger charge is -2.23. The zero-order valence-electron chi connectivity index (χ0n) is 23.2. The molecule has 208 valence electrons. The summed E-state index contributed by atoms with van der Waals surface area (Å²) in [5.74, 6) is 0.961. The van der Waals surface area contributed by atoms with Gasteiger partial charge in [0.25, 0.3) is 5.91 Å². The number of hydrogen-bond acceptors (Lipinski definition) is 6. The molecule has 0 saturated heterocycles. The van der Waals surface area contributed by atoms with Gasteiger partial charge in [0.1, 0.15) is 5.02 Å². The molecule has 0 spiro atoms. The van der Waals surface area contributed by atoms with Crippen molar-refractivity contribution in [1.82, 2.24) is 24.8 Å². The zero-order valence-corrected chi connectivity index (χ0v) is 23.9. The summed E-state index contributed by atoms with van der Waals surface area (Å²) in [7, 11) is 5.65. The third-order valence-electron chi connectivity index (χ3n) is 6.72.